The van der Waals surface area contributed by atoms with Crippen LogP contribution >= 0.6 is 0 Å². The lowest BCUT2D eigenvalue weighted by Crippen LogP contribution is -2.13. The van der Waals surface area contributed by atoms with E-state index in [1.165, 1.54) is 12.8 Å². The molecule has 0 atom stereocenters. The average molecular weight is 125 g/mol. The number of allylic oxidation sites excluding steroid dienone is 1. The Bertz CT molecular complexity index is 136. The number of rotatable bonds is 2. The highest BCUT2D eigenvalue weighted by Gasteiger charge is 2.17. The van der Waals surface area contributed by atoms with Crippen LogP contribution in [0.2, 0.25) is 0 Å². The quantitative estimate of drug-likeness (QED) is 0.541. The van der Waals surface area contributed by atoms with E-state index in [-0.39, 0.29) is 5.91 Å². The summed E-state index contributed by atoms with van der Waals surface area (Å²) in [6, 6.07) is 0. The molecule has 50 valence electrons. The monoisotopic (exact) mass is 125 g/mol. The van der Waals surface area contributed by atoms with E-state index in [0.29, 0.717) is 5.92 Å². The first-order chi connectivity index (χ1) is 4.33. The van der Waals surface area contributed by atoms with Crippen molar-refractivity contribution in [2.75, 3.05) is 7.05 Å². The van der Waals surface area contributed by atoms with E-state index in [0.717, 1.165) is 0 Å². The summed E-state index contributed by atoms with van der Waals surface area (Å²) in [6.07, 6.45) is 6.09. The summed E-state index contributed by atoms with van der Waals surface area (Å²) in [6.45, 7) is 0. The summed E-state index contributed by atoms with van der Waals surface area (Å²) in [7, 11) is 1.64. The molecule has 0 unspecified atom stereocenters. The molecule has 1 aliphatic carbocycles. The third-order valence-electron chi connectivity index (χ3n) is 1.39. The Morgan fingerprint density at radius 1 is 1.67 bits per heavy atom. The van der Waals surface area contributed by atoms with Gasteiger partial charge < -0.3 is 5.32 Å². The summed E-state index contributed by atoms with van der Waals surface area (Å²) in [5.74, 6) is 0.698. The second-order valence-corrected chi connectivity index (χ2v) is 2.31. The number of hydrogen-bond acceptors (Lipinski definition) is 1. The zero-order chi connectivity index (χ0) is 6.69. The van der Waals surface area contributed by atoms with Crippen molar-refractivity contribution < 1.29 is 4.79 Å². The van der Waals surface area contributed by atoms with Crippen molar-refractivity contribution in [3.05, 3.63) is 12.2 Å². The van der Waals surface area contributed by atoms with Crippen molar-refractivity contribution in [3.8, 4) is 0 Å². The minimum atomic E-state index is 0.00176. The van der Waals surface area contributed by atoms with Gasteiger partial charge in [0.25, 0.3) is 0 Å². The predicted molar refractivity (Wildman–Crippen MR) is 35.9 cm³/mol. The van der Waals surface area contributed by atoms with Crippen molar-refractivity contribution in [2.24, 2.45) is 5.92 Å². The topological polar surface area (TPSA) is 29.1 Å². The molecule has 0 aliphatic heterocycles. The van der Waals surface area contributed by atoms with Gasteiger partial charge in [0.05, 0.1) is 0 Å². The van der Waals surface area contributed by atoms with Crippen LogP contribution in [0.25, 0.3) is 0 Å². The molecule has 1 saturated carbocycles. The molecule has 2 nitrogen and oxygen atoms in total. The van der Waals surface area contributed by atoms with E-state index in [1.54, 1.807) is 13.1 Å². The highest BCUT2D eigenvalue weighted by molar-refractivity contribution is 5.87. The highest BCUT2D eigenvalue weighted by atomic mass is 16.1. The summed E-state index contributed by atoms with van der Waals surface area (Å²) in [5.41, 5.74) is 0. The van der Waals surface area contributed by atoms with Gasteiger partial charge in [0.15, 0.2) is 0 Å². The fourth-order valence-corrected chi connectivity index (χ4v) is 0.595. The van der Waals surface area contributed by atoms with E-state index in [4.69, 9.17) is 0 Å². The molecule has 0 spiro atoms. The van der Waals surface area contributed by atoms with Crippen molar-refractivity contribution in [2.45, 2.75) is 12.8 Å². The fraction of sp³-hybridized carbons (Fsp3) is 0.571. The normalized spacial score (nSPS) is 18.3. The summed E-state index contributed by atoms with van der Waals surface area (Å²) in [5, 5.41) is 2.52. The van der Waals surface area contributed by atoms with E-state index >= 15 is 0 Å². The van der Waals surface area contributed by atoms with Crippen LogP contribution in [0.5, 0.6) is 0 Å². The van der Waals surface area contributed by atoms with Crippen LogP contribution < -0.4 is 5.32 Å². The average Bonchev–Trinajstić information content (AvgIpc) is 2.65. The van der Waals surface area contributed by atoms with Gasteiger partial charge in [0.1, 0.15) is 0 Å². The first kappa shape index (κ1) is 6.33. The molecule has 1 rings (SSSR count). The fourth-order valence-electron chi connectivity index (χ4n) is 0.595. The number of carbonyl (C=O) groups is 1. The zero-order valence-corrected chi connectivity index (χ0v) is 5.55. The van der Waals surface area contributed by atoms with Crippen LogP contribution in [0.15, 0.2) is 12.2 Å². The number of hydrogen-bond donors (Lipinski definition) is 1. The lowest BCUT2D eigenvalue weighted by atomic mass is 10.3. The van der Waals surface area contributed by atoms with Crippen LogP contribution in [0, 0.1) is 5.92 Å². The SMILES string of the molecule is CNC(=O)/C=C/C1CC1. The Morgan fingerprint density at radius 3 is 2.78 bits per heavy atom. The maximum absolute atomic E-state index is 10.5. The minimum Gasteiger partial charge on any atom is -0.356 e. The van der Waals surface area contributed by atoms with Crippen LogP contribution in [0.3, 0.4) is 0 Å². The second-order valence-electron chi connectivity index (χ2n) is 2.31. The number of nitrogens with one attached hydrogen (secondary N) is 1. The maximum atomic E-state index is 10.5. The van der Waals surface area contributed by atoms with E-state index < -0.39 is 0 Å². The Balaban J connectivity index is 2.20. The van der Waals surface area contributed by atoms with Crippen LogP contribution in [-0.4, -0.2) is 13.0 Å². The molecule has 0 aromatic heterocycles. The standard InChI is InChI=1S/C7H11NO/c1-8-7(9)5-4-6-2-3-6/h4-6H,2-3H2,1H3,(H,8,9)/b5-4+. The van der Waals surface area contributed by atoms with Gasteiger partial charge in [-0.15, -0.1) is 0 Å². The number of carbonyl (C=O) groups excluding carboxylic acids is 1. The van der Waals surface area contributed by atoms with Gasteiger partial charge in [-0.2, -0.15) is 0 Å². The summed E-state index contributed by atoms with van der Waals surface area (Å²) >= 11 is 0. The molecule has 2 heteroatoms. The molecular formula is C7H11NO. The maximum Gasteiger partial charge on any atom is 0.243 e. The Morgan fingerprint density at radius 2 is 2.33 bits per heavy atom. The Labute approximate surface area is 54.9 Å². The lowest BCUT2D eigenvalue weighted by molar-refractivity contribution is -0.116. The van der Waals surface area contributed by atoms with Crippen LogP contribution in [0.4, 0.5) is 0 Å². The van der Waals surface area contributed by atoms with Gasteiger partial charge in [-0.25, -0.2) is 0 Å². The molecule has 1 amide bonds. The predicted octanol–water partition coefficient (Wildman–Crippen LogP) is 0.699. The Kier molecular flexibility index (Phi) is 1.88. The molecule has 0 bridgehead atoms. The first-order valence-corrected chi connectivity index (χ1v) is 3.23. The van der Waals surface area contributed by atoms with E-state index in [1.807, 2.05) is 6.08 Å². The van der Waals surface area contributed by atoms with Gasteiger partial charge in [-0.05, 0) is 24.8 Å². The third kappa shape index (κ3) is 2.31. The first-order valence-electron chi connectivity index (χ1n) is 3.23. The molecule has 0 aromatic carbocycles. The molecule has 1 N–H and O–H groups in total. The number of amides is 1. The third-order valence-corrected chi connectivity index (χ3v) is 1.39. The molecule has 1 fully saturated rings. The van der Waals surface area contributed by atoms with Crippen LogP contribution in [0.1, 0.15) is 12.8 Å². The highest BCUT2D eigenvalue weighted by Crippen LogP contribution is 2.29. The van der Waals surface area contributed by atoms with Gasteiger partial charge in [0.2, 0.25) is 5.91 Å². The van der Waals surface area contributed by atoms with E-state index in [2.05, 4.69) is 5.32 Å². The second kappa shape index (κ2) is 2.67. The van der Waals surface area contributed by atoms with Gasteiger partial charge in [-0.3, -0.25) is 4.79 Å². The number of likely N-dealkylation sites (N-methyl/N-ethyl adjacent to an activating group) is 1. The summed E-state index contributed by atoms with van der Waals surface area (Å²) in [4.78, 5) is 10.5. The Hall–Kier alpha value is -0.790. The van der Waals surface area contributed by atoms with Crippen molar-refractivity contribution in [3.63, 3.8) is 0 Å². The largest absolute Gasteiger partial charge is 0.356 e. The molecule has 1 aliphatic rings. The van der Waals surface area contributed by atoms with Crippen LogP contribution in [-0.2, 0) is 4.79 Å². The molecule has 0 heterocycles. The van der Waals surface area contributed by atoms with Crippen molar-refractivity contribution >= 4 is 5.91 Å². The molecular weight excluding hydrogens is 114 g/mol. The zero-order valence-electron chi connectivity index (χ0n) is 5.55. The molecule has 0 saturated heterocycles. The summed E-state index contributed by atoms with van der Waals surface area (Å²) < 4.78 is 0. The van der Waals surface area contributed by atoms with E-state index in [9.17, 15) is 4.79 Å². The smallest absolute Gasteiger partial charge is 0.243 e. The van der Waals surface area contributed by atoms with Gasteiger partial charge >= 0.3 is 0 Å². The van der Waals surface area contributed by atoms with Gasteiger partial charge in [-0.1, -0.05) is 6.08 Å². The molecule has 0 aromatic rings. The minimum absolute atomic E-state index is 0.00176. The molecule has 9 heavy (non-hydrogen) atoms. The van der Waals surface area contributed by atoms with Crippen molar-refractivity contribution in [1.29, 1.82) is 0 Å². The lowest BCUT2D eigenvalue weighted by Gasteiger charge is -1.86. The van der Waals surface area contributed by atoms with Gasteiger partial charge in [0, 0.05) is 7.05 Å². The molecule has 0 radical (unpaired) electrons. The van der Waals surface area contributed by atoms with Crippen molar-refractivity contribution in [1.82, 2.24) is 5.32 Å².